The fourth-order valence-electron chi connectivity index (χ4n) is 4.29. The molecule has 0 radical (unpaired) electrons. The summed E-state index contributed by atoms with van der Waals surface area (Å²) < 4.78 is 13.2. The van der Waals surface area contributed by atoms with Crippen molar-refractivity contribution >= 4 is 5.91 Å². The summed E-state index contributed by atoms with van der Waals surface area (Å²) in [5, 5.41) is 0. The maximum Gasteiger partial charge on any atom is 0.258 e. The normalized spacial score (nSPS) is 16.5. The number of benzene rings is 3. The summed E-state index contributed by atoms with van der Waals surface area (Å²) in [4.78, 5) is 17.4. The predicted octanol–water partition coefficient (Wildman–Crippen LogP) is 5.24. The zero-order valence-electron chi connectivity index (χ0n) is 16.7. The highest BCUT2D eigenvalue weighted by Gasteiger charge is 2.31. The van der Waals surface area contributed by atoms with E-state index in [4.69, 9.17) is 0 Å². The van der Waals surface area contributed by atoms with Gasteiger partial charge in [0.15, 0.2) is 0 Å². The molecule has 2 aliphatic heterocycles. The zero-order chi connectivity index (χ0) is 20.5. The molecule has 0 fully saturated rings. The SMILES string of the molecule is O=C1c2cc(-c3ccc(F)cc3)ccc2CN1C1=CCN(Cc2ccccc2)CC1. The van der Waals surface area contributed by atoms with Gasteiger partial charge in [-0.05, 0) is 40.5 Å². The van der Waals surface area contributed by atoms with Crippen molar-refractivity contribution in [3.63, 3.8) is 0 Å². The van der Waals surface area contributed by atoms with Crippen LogP contribution in [0.5, 0.6) is 0 Å². The Morgan fingerprint density at radius 1 is 0.900 bits per heavy atom. The van der Waals surface area contributed by atoms with E-state index in [-0.39, 0.29) is 11.7 Å². The second kappa shape index (κ2) is 7.88. The van der Waals surface area contributed by atoms with Gasteiger partial charge in [-0.3, -0.25) is 9.69 Å². The van der Waals surface area contributed by atoms with Gasteiger partial charge in [0.25, 0.3) is 5.91 Å². The third-order valence-corrected chi connectivity index (χ3v) is 5.96. The van der Waals surface area contributed by atoms with Gasteiger partial charge < -0.3 is 4.90 Å². The molecule has 0 N–H and O–H groups in total. The average molecular weight is 398 g/mol. The van der Waals surface area contributed by atoms with Gasteiger partial charge in [-0.1, -0.05) is 60.7 Å². The lowest BCUT2D eigenvalue weighted by Gasteiger charge is -2.30. The summed E-state index contributed by atoms with van der Waals surface area (Å²) in [5.74, 6) is -0.190. The number of amides is 1. The summed E-state index contributed by atoms with van der Waals surface area (Å²) >= 11 is 0. The van der Waals surface area contributed by atoms with Crippen LogP contribution < -0.4 is 0 Å². The lowest BCUT2D eigenvalue weighted by atomic mass is 10.0. The van der Waals surface area contributed by atoms with E-state index >= 15 is 0 Å². The van der Waals surface area contributed by atoms with E-state index in [1.165, 1.54) is 17.7 Å². The van der Waals surface area contributed by atoms with Gasteiger partial charge in [-0.25, -0.2) is 4.39 Å². The van der Waals surface area contributed by atoms with E-state index in [1.807, 2.05) is 29.2 Å². The molecular formula is C26H23FN2O. The molecule has 2 aliphatic rings. The Bertz CT molecular complexity index is 1110. The minimum atomic E-state index is -0.257. The third kappa shape index (κ3) is 3.66. The molecule has 0 saturated carbocycles. The number of carbonyl (C=O) groups excluding carboxylic acids is 1. The summed E-state index contributed by atoms with van der Waals surface area (Å²) in [5.41, 5.74) is 6.09. The van der Waals surface area contributed by atoms with Crippen LogP contribution in [0, 0.1) is 5.82 Å². The van der Waals surface area contributed by atoms with Gasteiger partial charge >= 0.3 is 0 Å². The maximum absolute atomic E-state index is 13.2. The van der Waals surface area contributed by atoms with Crippen LogP contribution in [-0.4, -0.2) is 28.8 Å². The van der Waals surface area contributed by atoms with Crippen LogP contribution in [0.25, 0.3) is 11.1 Å². The van der Waals surface area contributed by atoms with E-state index in [9.17, 15) is 9.18 Å². The van der Waals surface area contributed by atoms with E-state index < -0.39 is 0 Å². The molecule has 0 spiro atoms. The molecule has 1 amide bonds. The van der Waals surface area contributed by atoms with E-state index in [0.29, 0.717) is 6.54 Å². The number of halogens is 1. The summed E-state index contributed by atoms with van der Waals surface area (Å²) in [6.45, 7) is 3.36. The maximum atomic E-state index is 13.2. The Morgan fingerprint density at radius 2 is 1.67 bits per heavy atom. The second-order valence-corrected chi connectivity index (χ2v) is 7.94. The molecule has 0 atom stereocenters. The molecule has 3 aromatic carbocycles. The highest BCUT2D eigenvalue weighted by Crippen LogP contribution is 2.32. The summed E-state index contributed by atoms with van der Waals surface area (Å²) in [6.07, 6.45) is 3.06. The molecule has 30 heavy (non-hydrogen) atoms. The van der Waals surface area contributed by atoms with Crippen LogP contribution in [0.2, 0.25) is 0 Å². The molecule has 0 bridgehead atoms. The highest BCUT2D eigenvalue weighted by atomic mass is 19.1. The Morgan fingerprint density at radius 3 is 2.40 bits per heavy atom. The molecule has 0 aliphatic carbocycles. The van der Waals surface area contributed by atoms with Crippen molar-refractivity contribution in [2.45, 2.75) is 19.5 Å². The van der Waals surface area contributed by atoms with Gasteiger partial charge in [0.05, 0.1) is 6.54 Å². The second-order valence-electron chi connectivity index (χ2n) is 7.94. The first-order valence-electron chi connectivity index (χ1n) is 10.3. The molecule has 150 valence electrons. The Labute approximate surface area is 176 Å². The summed E-state index contributed by atoms with van der Waals surface area (Å²) in [6, 6.07) is 22.9. The topological polar surface area (TPSA) is 23.6 Å². The van der Waals surface area contributed by atoms with Crippen molar-refractivity contribution in [1.29, 1.82) is 0 Å². The smallest absolute Gasteiger partial charge is 0.258 e. The standard InChI is InChI=1S/C26H23FN2O/c27-23-10-8-20(9-11-23)21-6-7-22-18-29(26(30)25(22)16-21)24-12-14-28(15-13-24)17-19-4-2-1-3-5-19/h1-12,16H,13-15,17-18H2. The van der Waals surface area contributed by atoms with Gasteiger partial charge in [0, 0.05) is 37.3 Å². The van der Waals surface area contributed by atoms with Crippen LogP contribution in [-0.2, 0) is 13.1 Å². The van der Waals surface area contributed by atoms with Gasteiger partial charge in [-0.2, -0.15) is 0 Å². The molecule has 2 heterocycles. The quantitative estimate of drug-likeness (QED) is 0.600. The Balaban J connectivity index is 1.30. The first-order chi connectivity index (χ1) is 14.7. The van der Waals surface area contributed by atoms with Gasteiger partial charge in [0.1, 0.15) is 5.82 Å². The lowest BCUT2D eigenvalue weighted by Crippen LogP contribution is -2.33. The first-order valence-corrected chi connectivity index (χ1v) is 10.3. The number of rotatable bonds is 4. The minimum absolute atomic E-state index is 0.0664. The van der Waals surface area contributed by atoms with Crippen LogP contribution in [0.1, 0.15) is 27.9 Å². The van der Waals surface area contributed by atoms with Crippen molar-refractivity contribution < 1.29 is 9.18 Å². The number of nitrogens with zero attached hydrogens (tertiary/aromatic N) is 2. The lowest BCUT2D eigenvalue weighted by molar-refractivity contribution is 0.0813. The van der Waals surface area contributed by atoms with Crippen LogP contribution in [0.4, 0.5) is 4.39 Å². The Hall–Kier alpha value is -3.24. The average Bonchev–Trinajstić information content (AvgIpc) is 3.11. The first kappa shape index (κ1) is 18.8. The molecule has 5 rings (SSSR count). The predicted molar refractivity (Wildman–Crippen MR) is 116 cm³/mol. The minimum Gasteiger partial charge on any atom is -0.308 e. The zero-order valence-corrected chi connectivity index (χ0v) is 16.7. The van der Waals surface area contributed by atoms with Crippen LogP contribution >= 0.6 is 0 Å². The number of carbonyl (C=O) groups is 1. The Kier molecular flexibility index (Phi) is 4.93. The van der Waals surface area contributed by atoms with Crippen LogP contribution in [0.15, 0.2) is 84.6 Å². The van der Waals surface area contributed by atoms with Gasteiger partial charge in [-0.15, -0.1) is 0 Å². The number of fused-ring (bicyclic) bond motifs is 1. The van der Waals surface area contributed by atoms with Crippen molar-refractivity contribution in [2.24, 2.45) is 0 Å². The molecule has 0 unspecified atom stereocenters. The molecular weight excluding hydrogens is 375 g/mol. The highest BCUT2D eigenvalue weighted by molar-refractivity contribution is 6.00. The molecule has 0 saturated heterocycles. The third-order valence-electron chi connectivity index (χ3n) is 5.96. The summed E-state index contributed by atoms with van der Waals surface area (Å²) in [7, 11) is 0. The molecule has 3 aromatic rings. The van der Waals surface area contributed by atoms with Crippen molar-refractivity contribution in [3.8, 4) is 11.1 Å². The van der Waals surface area contributed by atoms with E-state index in [1.54, 1.807) is 12.1 Å². The molecule has 3 nitrogen and oxygen atoms in total. The van der Waals surface area contributed by atoms with Crippen molar-refractivity contribution in [2.75, 3.05) is 13.1 Å². The fourth-order valence-corrected chi connectivity index (χ4v) is 4.29. The van der Waals surface area contributed by atoms with Gasteiger partial charge in [0.2, 0.25) is 0 Å². The van der Waals surface area contributed by atoms with Crippen LogP contribution in [0.3, 0.4) is 0 Å². The van der Waals surface area contributed by atoms with E-state index in [0.717, 1.165) is 54.0 Å². The molecule has 4 heteroatoms. The largest absolute Gasteiger partial charge is 0.308 e. The number of hydrogen-bond acceptors (Lipinski definition) is 2. The van der Waals surface area contributed by atoms with Crippen molar-refractivity contribution in [1.82, 2.24) is 9.80 Å². The number of hydrogen-bond donors (Lipinski definition) is 0. The van der Waals surface area contributed by atoms with E-state index in [2.05, 4.69) is 35.2 Å². The monoisotopic (exact) mass is 398 g/mol. The molecule has 0 aromatic heterocycles. The fraction of sp³-hybridized carbons (Fsp3) is 0.192. The van der Waals surface area contributed by atoms with Crippen molar-refractivity contribution in [3.05, 3.63) is 107 Å².